The molecule has 0 aliphatic carbocycles. The molecule has 0 unspecified atom stereocenters. The Kier molecular flexibility index (Phi) is 4.89. The van der Waals surface area contributed by atoms with E-state index in [-0.39, 0.29) is 0 Å². The second kappa shape index (κ2) is 6.65. The summed E-state index contributed by atoms with van der Waals surface area (Å²) in [5.74, 6) is -1.52. The average molecular weight is 274 g/mol. The first-order valence-electron chi connectivity index (χ1n) is 7.17. The van der Waals surface area contributed by atoms with Crippen LogP contribution in [0.25, 0.3) is 11.1 Å². The van der Waals surface area contributed by atoms with Crippen molar-refractivity contribution in [2.75, 3.05) is 0 Å². The van der Waals surface area contributed by atoms with Gasteiger partial charge in [-0.25, -0.2) is 8.78 Å². The van der Waals surface area contributed by atoms with Crippen LogP contribution in [0, 0.1) is 18.6 Å². The van der Waals surface area contributed by atoms with Gasteiger partial charge >= 0.3 is 0 Å². The van der Waals surface area contributed by atoms with Crippen LogP contribution in [0.3, 0.4) is 0 Å². The number of aryl methyl sites for hydroxylation is 2. The van der Waals surface area contributed by atoms with Crippen LogP contribution < -0.4 is 0 Å². The summed E-state index contributed by atoms with van der Waals surface area (Å²) in [5.41, 5.74) is 2.63. The summed E-state index contributed by atoms with van der Waals surface area (Å²) in [5, 5.41) is 0. The van der Waals surface area contributed by atoms with Crippen LogP contribution in [0.2, 0.25) is 0 Å². The smallest absolute Gasteiger partial charge is 0.166 e. The van der Waals surface area contributed by atoms with Gasteiger partial charge in [0.25, 0.3) is 0 Å². The molecule has 0 aromatic heterocycles. The molecule has 2 rings (SSSR count). The van der Waals surface area contributed by atoms with Crippen LogP contribution in [-0.2, 0) is 6.42 Å². The van der Waals surface area contributed by atoms with Gasteiger partial charge in [-0.3, -0.25) is 0 Å². The van der Waals surface area contributed by atoms with Gasteiger partial charge in [-0.1, -0.05) is 56.2 Å². The zero-order chi connectivity index (χ0) is 14.5. The molecule has 0 atom stereocenters. The van der Waals surface area contributed by atoms with Gasteiger partial charge in [0.2, 0.25) is 0 Å². The van der Waals surface area contributed by atoms with E-state index in [0.29, 0.717) is 11.1 Å². The first-order valence-corrected chi connectivity index (χ1v) is 7.17. The fourth-order valence-electron chi connectivity index (χ4n) is 2.30. The van der Waals surface area contributed by atoms with Gasteiger partial charge in [-0.05, 0) is 36.5 Å². The van der Waals surface area contributed by atoms with Crippen molar-refractivity contribution >= 4 is 0 Å². The van der Waals surface area contributed by atoms with E-state index in [1.807, 2.05) is 24.3 Å². The Morgan fingerprint density at radius 3 is 2.20 bits per heavy atom. The largest absolute Gasteiger partial charge is 0.203 e. The Morgan fingerprint density at radius 2 is 1.55 bits per heavy atom. The highest BCUT2D eigenvalue weighted by atomic mass is 19.2. The van der Waals surface area contributed by atoms with Crippen LogP contribution in [-0.4, -0.2) is 0 Å². The minimum absolute atomic E-state index is 0.327. The van der Waals surface area contributed by atoms with Crippen LogP contribution in [0.4, 0.5) is 8.78 Å². The van der Waals surface area contributed by atoms with Crippen LogP contribution in [0.1, 0.15) is 37.3 Å². The van der Waals surface area contributed by atoms with E-state index in [1.54, 1.807) is 19.1 Å². The standard InChI is InChI=1S/C18H20F2/c1-3-4-5-6-14-8-10-15(11-9-14)16-12-7-13(2)17(19)18(16)20/h7-12H,3-6H2,1-2H3. The van der Waals surface area contributed by atoms with Crippen LogP contribution in [0.5, 0.6) is 0 Å². The lowest BCUT2D eigenvalue weighted by Gasteiger charge is -2.07. The van der Waals surface area contributed by atoms with Crippen molar-refractivity contribution in [1.29, 1.82) is 0 Å². The molecule has 0 nitrogen and oxygen atoms in total. The third kappa shape index (κ3) is 3.24. The highest BCUT2D eigenvalue weighted by Gasteiger charge is 2.12. The third-order valence-corrected chi connectivity index (χ3v) is 3.61. The lowest BCUT2D eigenvalue weighted by molar-refractivity contribution is 0.505. The molecule has 0 saturated carbocycles. The van der Waals surface area contributed by atoms with Crippen LogP contribution >= 0.6 is 0 Å². The summed E-state index contributed by atoms with van der Waals surface area (Å²) in [6, 6.07) is 11.0. The maximum Gasteiger partial charge on any atom is 0.166 e. The molecule has 0 heterocycles. The number of halogens is 2. The molecule has 2 aromatic carbocycles. The summed E-state index contributed by atoms with van der Waals surface area (Å²) in [7, 11) is 0. The Balaban J connectivity index is 2.20. The Morgan fingerprint density at radius 1 is 0.850 bits per heavy atom. The fourth-order valence-corrected chi connectivity index (χ4v) is 2.30. The summed E-state index contributed by atoms with van der Waals surface area (Å²) in [6.07, 6.45) is 4.63. The molecule has 0 spiro atoms. The van der Waals surface area contributed by atoms with Gasteiger partial charge in [0.1, 0.15) is 0 Å². The number of hydrogen-bond donors (Lipinski definition) is 0. The molecule has 20 heavy (non-hydrogen) atoms. The van der Waals surface area contributed by atoms with E-state index in [9.17, 15) is 8.78 Å². The van der Waals surface area contributed by atoms with Crippen molar-refractivity contribution in [3.63, 3.8) is 0 Å². The van der Waals surface area contributed by atoms with Crippen molar-refractivity contribution in [1.82, 2.24) is 0 Å². The molecule has 0 amide bonds. The second-order valence-corrected chi connectivity index (χ2v) is 5.21. The highest BCUT2D eigenvalue weighted by Crippen LogP contribution is 2.26. The summed E-state index contributed by atoms with van der Waals surface area (Å²) >= 11 is 0. The lowest BCUT2D eigenvalue weighted by Crippen LogP contribution is -1.93. The van der Waals surface area contributed by atoms with Gasteiger partial charge in [0.05, 0.1) is 0 Å². The second-order valence-electron chi connectivity index (χ2n) is 5.21. The fraction of sp³-hybridized carbons (Fsp3) is 0.333. The third-order valence-electron chi connectivity index (χ3n) is 3.61. The lowest BCUT2D eigenvalue weighted by atomic mass is 10.00. The number of unbranched alkanes of at least 4 members (excludes halogenated alkanes) is 2. The van der Waals surface area contributed by atoms with E-state index in [2.05, 4.69) is 6.92 Å². The number of benzene rings is 2. The molecule has 0 aliphatic rings. The van der Waals surface area contributed by atoms with E-state index in [4.69, 9.17) is 0 Å². The topological polar surface area (TPSA) is 0 Å². The SMILES string of the molecule is CCCCCc1ccc(-c2ccc(C)c(F)c2F)cc1. The van der Waals surface area contributed by atoms with Gasteiger partial charge in [0, 0.05) is 5.56 Å². The van der Waals surface area contributed by atoms with Crippen molar-refractivity contribution in [2.45, 2.75) is 39.5 Å². The molecule has 0 fully saturated rings. The Hall–Kier alpha value is -1.70. The van der Waals surface area contributed by atoms with Gasteiger partial charge in [-0.15, -0.1) is 0 Å². The predicted molar refractivity (Wildman–Crippen MR) is 79.8 cm³/mol. The van der Waals surface area contributed by atoms with Crippen molar-refractivity contribution < 1.29 is 8.78 Å². The van der Waals surface area contributed by atoms with Gasteiger partial charge in [0.15, 0.2) is 11.6 Å². The van der Waals surface area contributed by atoms with E-state index >= 15 is 0 Å². The van der Waals surface area contributed by atoms with Crippen molar-refractivity contribution in [3.05, 3.63) is 59.2 Å². The zero-order valence-electron chi connectivity index (χ0n) is 12.0. The Labute approximate surface area is 119 Å². The Bertz CT molecular complexity index is 571. The van der Waals surface area contributed by atoms with Crippen molar-refractivity contribution in [2.24, 2.45) is 0 Å². The zero-order valence-corrected chi connectivity index (χ0v) is 12.0. The summed E-state index contributed by atoms with van der Waals surface area (Å²) < 4.78 is 27.5. The van der Waals surface area contributed by atoms with Gasteiger partial charge in [-0.2, -0.15) is 0 Å². The average Bonchev–Trinajstić information content (AvgIpc) is 2.46. The van der Waals surface area contributed by atoms with E-state index in [0.717, 1.165) is 12.0 Å². The molecule has 2 aromatic rings. The maximum atomic E-state index is 13.9. The summed E-state index contributed by atoms with van der Waals surface area (Å²) in [6.45, 7) is 3.75. The van der Waals surface area contributed by atoms with Crippen molar-refractivity contribution in [3.8, 4) is 11.1 Å². The molecule has 0 bridgehead atoms. The molecular formula is C18H20F2. The predicted octanol–water partition coefficient (Wildman–Crippen LogP) is 5.67. The van der Waals surface area contributed by atoms with E-state index in [1.165, 1.54) is 24.8 Å². The minimum atomic E-state index is -0.760. The quantitative estimate of drug-likeness (QED) is 0.616. The monoisotopic (exact) mass is 274 g/mol. The van der Waals surface area contributed by atoms with Gasteiger partial charge < -0.3 is 0 Å². The minimum Gasteiger partial charge on any atom is -0.203 e. The normalized spacial score (nSPS) is 10.8. The molecule has 0 aliphatic heterocycles. The number of rotatable bonds is 5. The molecular weight excluding hydrogens is 254 g/mol. The molecule has 106 valence electrons. The molecule has 0 radical (unpaired) electrons. The molecule has 0 saturated heterocycles. The molecule has 2 heteroatoms. The maximum absolute atomic E-state index is 13.9. The van der Waals surface area contributed by atoms with Crippen LogP contribution in [0.15, 0.2) is 36.4 Å². The molecule has 0 N–H and O–H groups in total. The first kappa shape index (κ1) is 14.7. The number of hydrogen-bond acceptors (Lipinski definition) is 0. The first-order chi connectivity index (χ1) is 9.63. The summed E-state index contributed by atoms with van der Waals surface area (Å²) in [4.78, 5) is 0. The highest BCUT2D eigenvalue weighted by molar-refractivity contribution is 5.65. The van der Waals surface area contributed by atoms with E-state index < -0.39 is 11.6 Å².